The Hall–Kier alpha value is -0.510. The molecular formula is C10H12I2N4. The maximum Gasteiger partial charge on any atom is 0.305 e. The summed E-state index contributed by atoms with van der Waals surface area (Å²) in [5.74, 6) is 0.764. The van der Waals surface area contributed by atoms with Crippen LogP contribution in [0.25, 0.3) is 0 Å². The lowest BCUT2D eigenvalue weighted by molar-refractivity contribution is -0.373. The number of nitrogens with zero attached hydrogens (tertiary/aromatic N) is 2. The molecule has 0 bridgehead atoms. The molecule has 0 unspecified atom stereocenters. The molecule has 0 saturated heterocycles. The van der Waals surface area contributed by atoms with Crippen LogP contribution < -0.4 is 34.3 Å². The zero-order chi connectivity index (χ0) is 11.1. The van der Waals surface area contributed by atoms with Crippen LogP contribution in [-0.2, 0) is 0 Å². The molecule has 4 nitrogen and oxygen atoms in total. The van der Waals surface area contributed by atoms with Crippen molar-refractivity contribution in [3.05, 3.63) is 40.4 Å². The summed E-state index contributed by atoms with van der Waals surface area (Å²) in [7, 11) is 1.70. The summed E-state index contributed by atoms with van der Waals surface area (Å²) in [6.07, 6.45) is 4.93. The second-order valence-corrected chi connectivity index (χ2v) is 3.75. The molecule has 1 aromatic heterocycles. The van der Waals surface area contributed by atoms with Crippen LogP contribution in [0.2, 0.25) is 0 Å². The highest BCUT2D eigenvalue weighted by molar-refractivity contribution is 14.1. The summed E-state index contributed by atoms with van der Waals surface area (Å²) < 4.78 is 1.05. The van der Waals surface area contributed by atoms with Gasteiger partial charge in [0.25, 0.3) is 0 Å². The van der Waals surface area contributed by atoms with Crippen LogP contribution in [0.15, 0.2) is 36.1 Å². The second-order valence-electron chi connectivity index (χ2n) is 2.59. The van der Waals surface area contributed by atoms with E-state index >= 15 is 0 Å². The van der Waals surface area contributed by atoms with Gasteiger partial charge >= 0.3 is 5.84 Å². The average molecular weight is 442 g/mol. The summed E-state index contributed by atoms with van der Waals surface area (Å²) in [6, 6.07) is 3.88. The molecule has 1 heterocycles. The summed E-state index contributed by atoms with van der Waals surface area (Å²) in [5.41, 5.74) is 0.845. The summed E-state index contributed by atoms with van der Waals surface area (Å²) in [5, 5.41) is 3.00. The molecular weight excluding hydrogens is 430 g/mol. The van der Waals surface area contributed by atoms with E-state index in [2.05, 4.69) is 49.5 Å². The Labute approximate surface area is 126 Å². The number of hydrogen-bond acceptors (Lipinski definition) is 2. The Morgan fingerprint density at radius 2 is 2.44 bits per heavy atom. The molecule has 0 atom stereocenters. The molecule has 1 rings (SSSR count). The molecule has 86 valence electrons. The maximum atomic E-state index is 4.27. The fourth-order valence-electron chi connectivity index (χ4n) is 0.979. The van der Waals surface area contributed by atoms with Gasteiger partial charge in [0, 0.05) is 16.8 Å². The Morgan fingerprint density at radius 3 is 3.00 bits per heavy atom. The Morgan fingerprint density at radius 1 is 1.69 bits per heavy atom. The van der Waals surface area contributed by atoms with Crippen molar-refractivity contribution in [3.8, 4) is 0 Å². The number of aliphatic imine (C=N–C) groups is 1. The van der Waals surface area contributed by atoms with Crippen LogP contribution in [0.4, 0.5) is 0 Å². The predicted molar refractivity (Wildman–Crippen MR) is 69.8 cm³/mol. The van der Waals surface area contributed by atoms with Crippen molar-refractivity contribution in [2.75, 3.05) is 7.05 Å². The third-order valence-corrected chi connectivity index (χ3v) is 2.45. The van der Waals surface area contributed by atoms with E-state index in [0.717, 1.165) is 15.1 Å². The van der Waals surface area contributed by atoms with Crippen molar-refractivity contribution in [3.63, 3.8) is 0 Å². The Balaban J connectivity index is 0.00000225. The number of hydrogen-bond donors (Lipinski definition) is 2. The van der Waals surface area contributed by atoms with Gasteiger partial charge in [0.05, 0.1) is 6.20 Å². The van der Waals surface area contributed by atoms with Gasteiger partial charge in [-0.05, 0) is 34.7 Å². The van der Waals surface area contributed by atoms with Crippen LogP contribution in [0.1, 0.15) is 5.69 Å². The molecule has 16 heavy (non-hydrogen) atoms. The first-order chi connectivity index (χ1) is 7.29. The largest absolute Gasteiger partial charge is 1.00 e. The van der Waals surface area contributed by atoms with Gasteiger partial charge in [0.1, 0.15) is 0 Å². The van der Waals surface area contributed by atoms with E-state index in [0.29, 0.717) is 0 Å². The molecule has 0 aromatic carbocycles. The summed E-state index contributed by atoms with van der Waals surface area (Å²) >= 11 is 2.22. The number of aromatic nitrogens is 1. The van der Waals surface area contributed by atoms with E-state index in [-0.39, 0.29) is 24.0 Å². The molecule has 0 radical (unpaired) electrons. The van der Waals surface area contributed by atoms with Crippen LogP contribution in [0.3, 0.4) is 0 Å². The van der Waals surface area contributed by atoms with Crippen LogP contribution in [0, 0.1) is 3.57 Å². The van der Waals surface area contributed by atoms with Gasteiger partial charge in [0.15, 0.2) is 12.0 Å². The topological polar surface area (TPSA) is 51.2 Å². The smallest absolute Gasteiger partial charge is 0.305 e. The quantitative estimate of drug-likeness (QED) is 0.297. The highest BCUT2D eigenvalue weighted by Gasteiger charge is 2.12. The predicted octanol–water partition coefficient (Wildman–Crippen LogP) is -3.09. The zero-order valence-corrected chi connectivity index (χ0v) is 13.1. The maximum absolute atomic E-state index is 4.27. The van der Waals surface area contributed by atoms with Crippen LogP contribution in [0.5, 0.6) is 0 Å². The molecule has 0 spiro atoms. The third kappa shape index (κ3) is 4.56. The first-order valence-electron chi connectivity index (χ1n) is 4.32. The van der Waals surface area contributed by atoms with Gasteiger partial charge in [-0.3, -0.25) is 4.99 Å². The highest BCUT2D eigenvalue weighted by atomic mass is 127. The zero-order valence-electron chi connectivity index (χ0n) is 8.74. The third-order valence-electron chi connectivity index (χ3n) is 1.58. The second kappa shape index (κ2) is 8.62. The lowest BCUT2D eigenvalue weighted by Crippen LogP contribution is -3.00. The fourth-order valence-corrected chi connectivity index (χ4v) is 1.60. The molecule has 0 amide bonds. The minimum Gasteiger partial charge on any atom is -1.00 e. The SMILES string of the molecule is C=C[NH+]=C(NC=NC)c1ncccc1I.[I-]. The molecule has 0 saturated carbocycles. The molecule has 0 aliphatic heterocycles. The Kier molecular flexibility index (Phi) is 8.35. The molecule has 0 fully saturated rings. The molecule has 1 aromatic rings. The Bertz CT molecular complexity index is 402. The number of nitrogens with one attached hydrogen (secondary N) is 2. The van der Waals surface area contributed by atoms with E-state index in [1.165, 1.54) is 0 Å². The average Bonchev–Trinajstić information content (AvgIpc) is 2.25. The monoisotopic (exact) mass is 442 g/mol. The van der Waals surface area contributed by atoms with Crippen molar-refractivity contribution in [1.82, 2.24) is 10.3 Å². The minimum absolute atomic E-state index is 0. The molecule has 6 heteroatoms. The van der Waals surface area contributed by atoms with Crippen LogP contribution >= 0.6 is 22.6 Å². The summed E-state index contributed by atoms with van der Waals surface area (Å²) in [4.78, 5) is 11.1. The van der Waals surface area contributed by atoms with E-state index in [1.807, 2.05) is 12.1 Å². The van der Waals surface area contributed by atoms with Gasteiger partial charge in [-0.2, -0.15) is 0 Å². The molecule has 0 aliphatic carbocycles. The molecule has 0 aliphatic rings. The van der Waals surface area contributed by atoms with E-state index in [4.69, 9.17) is 0 Å². The van der Waals surface area contributed by atoms with Crippen molar-refractivity contribution < 1.29 is 29.0 Å². The molecule has 2 N–H and O–H groups in total. The van der Waals surface area contributed by atoms with Crippen molar-refractivity contribution >= 4 is 34.8 Å². The van der Waals surface area contributed by atoms with Crippen molar-refractivity contribution in [1.29, 1.82) is 0 Å². The van der Waals surface area contributed by atoms with Gasteiger partial charge in [-0.1, -0.05) is 6.58 Å². The van der Waals surface area contributed by atoms with E-state index in [1.54, 1.807) is 25.8 Å². The number of amidine groups is 1. The highest BCUT2D eigenvalue weighted by Crippen LogP contribution is 2.06. The summed E-state index contributed by atoms with van der Waals surface area (Å²) in [6.45, 7) is 3.62. The first kappa shape index (κ1) is 15.5. The van der Waals surface area contributed by atoms with Gasteiger partial charge in [-0.25, -0.2) is 15.3 Å². The first-order valence-corrected chi connectivity index (χ1v) is 5.40. The minimum atomic E-state index is 0. The van der Waals surface area contributed by atoms with E-state index < -0.39 is 0 Å². The van der Waals surface area contributed by atoms with Crippen molar-refractivity contribution in [2.24, 2.45) is 4.99 Å². The van der Waals surface area contributed by atoms with Crippen molar-refractivity contribution in [2.45, 2.75) is 0 Å². The fraction of sp³-hybridized carbons (Fsp3) is 0.100. The van der Waals surface area contributed by atoms with Gasteiger partial charge in [0.2, 0.25) is 0 Å². The lowest BCUT2D eigenvalue weighted by Gasteiger charge is -1.99. The lowest BCUT2D eigenvalue weighted by atomic mass is 10.3. The normalized spacial score (nSPS) is 11.0. The van der Waals surface area contributed by atoms with E-state index in [9.17, 15) is 0 Å². The standard InChI is InChI=1S/C10H11IN4.HI/c1-3-13-10(15-7-12-2)9-8(11)5-4-6-14-9;/h3-7H,1H2,2H3,(H,12,13,15);1H. The van der Waals surface area contributed by atoms with Crippen LogP contribution in [-0.4, -0.2) is 24.2 Å². The number of rotatable bonds is 3. The van der Waals surface area contributed by atoms with Gasteiger partial charge < -0.3 is 24.0 Å². The number of halogens is 2. The van der Waals surface area contributed by atoms with Gasteiger partial charge in [-0.15, -0.1) is 0 Å². The number of pyridine rings is 1.